The number of ether oxygens (including phenoxy) is 3. The van der Waals surface area contributed by atoms with E-state index in [1.54, 1.807) is 33.1 Å². The van der Waals surface area contributed by atoms with E-state index >= 15 is 0 Å². The second kappa shape index (κ2) is 9.77. The molecule has 0 bridgehead atoms. The number of nitrogen functional groups attached to an aromatic ring is 1. The predicted molar refractivity (Wildman–Crippen MR) is 128 cm³/mol. The van der Waals surface area contributed by atoms with Gasteiger partial charge in [-0.05, 0) is 57.0 Å². The standard InChI is InChI=1S/C25H29F3N4O3/c1-13(17-7-18(25(26,27)28)9-19(29)8-17)30-24-20-10-23(35-14(2)16-5-6-34-12-16)22(33-4)11-21(20)31-15(3)32-24/h7-11,13-14,16H,5-6,12,29H2,1-4H3,(H,30,31,32)/t13-,14?,16+/m1/s1. The fourth-order valence-corrected chi connectivity index (χ4v) is 4.21. The number of benzene rings is 2. The van der Waals surface area contributed by atoms with Crippen molar-refractivity contribution in [3.05, 3.63) is 47.3 Å². The molecule has 1 aliphatic heterocycles. The van der Waals surface area contributed by atoms with Gasteiger partial charge in [0.1, 0.15) is 17.7 Å². The normalized spacial score (nSPS) is 17.9. The van der Waals surface area contributed by atoms with E-state index in [1.165, 1.54) is 6.07 Å². The highest BCUT2D eigenvalue weighted by Gasteiger charge is 2.31. The Hall–Kier alpha value is -3.27. The lowest BCUT2D eigenvalue weighted by molar-refractivity contribution is -0.137. The monoisotopic (exact) mass is 490 g/mol. The SMILES string of the molecule is COc1cc2nc(C)nc(N[C@H](C)c3cc(N)cc(C(F)(F)F)c3)c2cc1OC(C)[C@H]1CCOC1. The van der Waals surface area contributed by atoms with Gasteiger partial charge in [-0.2, -0.15) is 13.2 Å². The molecule has 1 unspecified atom stereocenters. The zero-order valence-electron chi connectivity index (χ0n) is 20.1. The Balaban J connectivity index is 1.70. The van der Waals surface area contributed by atoms with Crippen LogP contribution < -0.4 is 20.5 Å². The lowest BCUT2D eigenvalue weighted by Gasteiger charge is -2.22. The highest BCUT2D eigenvalue weighted by Crippen LogP contribution is 2.38. The van der Waals surface area contributed by atoms with Crippen molar-refractivity contribution < 1.29 is 27.4 Å². The molecule has 3 N–H and O–H groups in total. The minimum atomic E-state index is -4.49. The van der Waals surface area contributed by atoms with E-state index in [-0.39, 0.29) is 17.7 Å². The van der Waals surface area contributed by atoms with Crippen molar-refractivity contribution in [2.75, 3.05) is 31.4 Å². The summed E-state index contributed by atoms with van der Waals surface area (Å²) in [5.41, 5.74) is 6.01. The lowest BCUT2D eigenvalue weighted by Crippen LogP contribution is -2.24. The highest BCUT2D eigenvalue weighted by atomic mass is 19.4. The molecule has 2 heterocycles. The van der Waals surface area contributed by atoms with Gasteiger partial charge < -0.3 is 25.3 Å². The number of halogens is 3. The van der Waals surface area contributed by atoms with Gasteiger partial charge in [0.15, 0.2) is 11.5 Å². The first-order valence-electron chi connectivity index (χ1n) is 11.4. The summed E-state index contributed by atoms with van der Waals surface area (Å²) in [5.74, 6) is 2.31. The van der Waals surface area contributed by atoms with E-state index < -0.39 is 17.8 Å². The smallest absolute Gasteiger partial charge is 0.416 e. The van der Waals surface area contributed by atoms with E-state index in [1.807, 2.05) is 6.92 Å². The van der Waals surface area contributed by atoms with Gasteiger partial charge in [-0.15, -0.1) is 0 Å². The number of nitrogens with zero attached hydrogens (tertiary/aromatic N) is 2. The molecule has 35 heavy (non-hydrogen) atoms. The molecule has 0 aliphatic carbocycles. The average molecular weight is 491 g/mol. The zero-order chi connectivity index (χ0) is 25.3. The minimum Gasteiger partial charge on any atom is -0.493 e. The van der Waals surface area contributed by atoms with Crippen molar-refractivity contribution in [3.8, 4) is 11.5 Å². The van der Waals surface area contributed by atoms with E-state index in [0.29, 0.717) is 52.8 Å². The number of nitrogens with one attached hydrogen (secondary N) is 1. The third-order valence-electron chi connectivity index (χ3n) is 6.19. The van der Waals surface area contributed by atoms with Gasteiger partial charge in [0.25, 0.3) is 0 Å². The summed E-state index contributed by atoms with van der Waals surface area (Å²) in [6.07, 6.45) is -3.67. The number of aromatic nitrogens is 2. The van der Waals surface area contributed by atoms with E-state index in [2.05, 4.69) is 15.3 Å². The molecule has 0 spiro atoms. The van der Waals surface area contributed by atoms with Crippen LogP contribution in [0.4, 0.5) is 24.7 Å². The van der Waals surface area contributed by atoms with Crippen LogP contribution in [0.25, 0.3) is 10.9 Å². The van der Waals surface area contributed by atoms with Gasteiger partial charge in [-0.3, -0.25) is 0 Å². The maximum absolute atomic E-state index is 13.3. The minimum absolute atomic E-state index is 0.0394. The Bertz CT molecular complexity index is 1210. The summed E-state index contributed by atoms with van der Waals surface area (Å²) in [6, 6.07) is 6.59. The largest absolute Gasteiger partial charge is 0.493 e. The third kappa shape index (κ3) is 5.53. The molecular formula is C25H29F3N4O3. The topological polar surface area (TPSA) is 91.5 Å². The first-order valence-corrected chi connectivity index (χ1v) is 11.4. The van der Waals surface area contributed by atoms with Crippen molar-refractivity contribution in [1.82, 2.24) is 9.97 Å². The molecular weight excluding hydrogens is 461 g/mol. The molecule has 3 aromatic rings. The molecule has 1 aromatic heterocycles. The van der Waals surface area contributed by atoms with Crippen molar-refractivity contribution in [1.29, 1.82) is 0 Å². The first-order chi connectivity index (χ1) is 16.5. The van der Waals surface area contributed by atoms with Crippen LogP contribution in [0, 0.1) is 12.8 Å². The van der Waals surface area contributed by atoms with Crippen LogP contribution in [-0.2, 0) is 10.9 Å². The summed E-state index contributed by atoms with van der Waals surface area (Å²) in [7, 11) is 1.56. The summed E-state index contributed by atoms with van der Waals surface area (Å²) in [6.45, 7) is 6.85. The summed E-state index contributed by atoms with van der Waals surface area (Å²) in [4.78, 5) is 9.03. The van der Waals surface area contributed by atoms with Gasteiger partial charge in [-0.25, -0.2) is 9.97 Å². The van der Waals surface area contributed by atoms with Crippen LogP contribution >= 0.6 is 0 Å². The summed E-state index contributed by atoms with van der Waals surface area (Å²) >= 11 is 0. The summed E-state index contributed by atoms with van der Waals surface area (Å²) in [5, 5.41) is 3.89. The number of fused-ring (bicyclic) bond motifs is 1. The molecule has 2 aromatic carbocycles. The van der Waals surface area contributed by atoms with Gasteiger partial charge in [0, 0.05) is 29.7 Å². The van der Waals surface area contributed by atoms with E-state index in [0.717, 1.165) is 18.6 Å². The Morgan fingerprint density at radius 1 is 1.11 bits per heavy atom. The predicted octanol–water partition coefficient (Wildman–Crippen LogP) is 5.52. The van der Waals surface area contributed by atoms with E-state index in [9.17, 15) is 13.2 Å². The second-order valence-corrected chi connectivity index (χ2v) is 8.84. The van der Waals surface area contributed by atoms with Crippen molar-refractivity contribution >= 4 is 22.4 Å². The lowest BCUT2D eigenvalue weighted by atomic mass is 10.0. The van der Waals surface area contributed by atoms with Gasteiger partial charge >= 0.3 is 6.18 Å². The molecule has 0 saturated carbocycles. The number of alkyl halides is 3. The number of hydrogen-bond donors (Lipinski definition) is 2. The number of hydrogen-bond acceptors (Lipinski definition) is 7. The Morgan fingerprint density at radius 3 is 2.54 bits per heavy atom. The maximum atomic E-state index is 13.3. The van der Waals surface area contributed by atoms with Gasteiger partial charge in [-0.1, -0.05) is 0 Å². The molecule has 1 aliphatic rings. The fourth-order valence-electron chi connectivity index (χ4n) is 4.21. The summed E-state index contributed by atoms with van der Waals surface area (Å²) < 4.78 is 57.2. The molecule has 1 saturated heterocycles. The number of methoxy groups -OCH3 is 1. The van der Waals surface area contributed by atoms with Crippen LogP contribution in [0.3, 0.4) is 0 Å². The Labute approximate surface area is 201 Å². The van der Waals surface area contributed by atoms with Gasteiger partial charge in [0.05, 0.1) is 30.8 Å². The molecule has 1 fully saturated rings. The Kier molecular flexibility index (Phi) is 6.93. The molecule has 3 atom stereocenters. The molecule has 7 nitrogen and oxygen atoms in total. The van der Waals surface area contributed by atoms with Crippen molar-refractivity contribution in [3.63, 3.8) is 0 Å². The van der Waals surface area contributed by atoms with Crippen LogP contribution in [-0.4, -0.2) is 36.4 Å². The number of rotatable bonds is 7. The zero-order valence-corrected chi connectivity index (χ0v) is 20.1. The first kappa shape index (κ1) is 24.8. The average Bonchev–Trinajstić information content (AvgIpc) is 3.33. The highest BCUT2D eigenvalue weighted by molar-refractivity contribution is 5.92. The van der Waals surface area contributed by atoms with E-state index in [4.69, 9.17) is 19.9 Å². The second-order valence-electron chi connectivity index (χ2n) is 8.84. The number of anilines is 2. The molecule has 0 radical (unpaired) electrons. The van der Waals surface area contributed by atoms with Gasteiger partial charge in [0.2, 0.25) is 0 Å². The fraction of sp³-hybridized carbons (Fsp3) is 0.440. The maximum Gasteiger partial charge on any atom is 0.416 e. The molecule has 188 valence electrons. The third-order valence-corrected chi connectivity index (χ3v) is 6.19. The number of aryl methyl sites for hydroxylation is 1. The molecule has 4 rings (SSSR count). The van der Waals surface area contributed by atoms with Crippen LogP contribution in [0.5, 0.6) is 11.5 Å². The van der Waals surface area contributed by atoms with Crippen LogP contribution in [0.2, 0.25) is 0 Å². The van der Waals surface area contributed by atoms with Crippen LogP contribution in [0.1, 0.15) is 43.3 Å². The van der Waals surface area contributed by atoms with Crippen molar-refractivity contribution in [2.45, 2.75) is 45.5 Å². The number of nitrogens with two attached hydrogens (primary N) is 1. The molecule has 0 amide bonds. The Morgan fingerprint density at radius 2 is 1.89 bits per heavy atom. The molecule has 10 heteroatoms. The quantitative estimate of drug-likeness (QED) is 0.421. The van der Waals surface area contributed by atoms with Crippen molar-refractivity contribution in [2.24, 2.45) is 5.92 Å². The van der Waals surface area contributed by atoms with Crippen LogP contribution in [0.15, 0.2) is 30.3 Å².